The summed E-state index contributed by atoms with van der Waals surface area (Å²) in [4.78, 5) is 24.6. The molecule has 0 fully saturated rings. The molecule has 7 heteroatoms. The summed E-state index contributed by atoms with van der Waals surface area (Å²) >= 11 is 6.91. The van der Waals surface area contributed by atoms with Gasteiger partial charge >= 0.3 is 5.97 Å². The lowest BCUT2D eigenvalue weighted by Crippen LogP contribution is -2.13. The second-order valence-corrected chi connectivity index (χ2v) is 5.51. The highest BCUT2D eigenvalue weighted by Crippen LogP contribution is 2.29. The molecular weight excluding hydrogens is 302 g/mol. The Morgan fingerprint density at radius 2 is 2.20 bits per heavy atom. The molecule has 0 aliphatic heterocycles. The van der Waals surface area contributed by atoms with E-state index in [1.807, 2.05) is 6.92 Å². The minimum Gasteiger partial charge on any atom is -0.462 e. The van der Waals surface area contributed by atoms with Crippen LogP contribution in [0.25, 0.3) is 0 Å². The molecule has 0 spiro atoms. The van der Waals surface area contributed by atoms with Crippen molar-refractivity contribution >= 4 is 39.8 Å². The van der Waals surface area contributed by atoms with Gasteiger partial charge in [0.15, 0.2) is 11.0 Å². The van der Waals surface area contributed by atoms with E-state index in [1.165, 1.54) is 23.5 Å². The Bertz CT molecular complexity index is 647. The first-order valence-corrected chi connectivity index (χ1v) is 7.05. The van der Waals surface area contributed by atoms with E-state index in [2.05, 4.69) is 5.32 Å². The van der Waals surface area contributed by atoms with Crippen LogP contribution < -0.4 is 5.32 Å². The molecule has 1 amide bonds. The van der Waals surface area contributed by atoms with Gasteiger partial charge < -0.3 is 14.5 Å². The Labute approximate surface area is 124 Å². The standard InChI is InChI=1S/C13H12ClNO4S/c1-3-18-13(17)8-6-7(2)20-12(8)15-11(16)9-4-5-10(14)19-9/h4-6H,3H2,1-2H3,(H,15,16). The van der Waals surface area contributed by atoms with Gasteiger partial charge in [-0.25, -0.2) is 4.79 Å². The zero-order valence-corrected chi connectivity index (χ0v) is 12.4. The van der Waals surface area contributed by atoms with Crippen LogP contribution in [0.3, 0.4) is 0 Å². The number of halogens is 1. The van der Waals surface area contributed by atoms with Crippen LogP contribution in [-0.4, -0.2) is 18.5 Å². The fraction of sp³-hybridized carbons (Fsp3) is 0.231. The average molecular weight is 314 g/mol. The molecule has 0 aliphatic rings. The van der Waals surface area contributed by atoms with Gasteiger partial charge in [-0.05, 0) is 43.6 Å². The van der Waals surface area contributed by atoms with Crippen molar-refractivity contribution in [2.24, 2.45) is 0 Å². The van der Waals surface area contributed by atoms with Crippen molar-refractivity contribution in [3.05, 3.63) is 39.6 Å². The van der Waals surface area contributed by atoms with Crippen molar-refractivity contribution in [3.63, 3.8) is 0 Å². The molecule has 0 atom stereocenters. The number of aryl methyl sites for hydroxylation is 1. The zero-order chi connectivity index (χ0) is 14.7. The number of esters is 1. The molecule has 20 heavy (non-hydrogen) atoms. The maximum absolute atomic E-state index is 12.0. The van der Waals surface area contributed by atoms with Crippen molar-refractivity contribution in [1.82, 2.24) is 0 Å². The molecule has 0 radical (unpaired) electrons. The number of hydrogen-bond acceptors (Lipinski definition) is 5. The number of anilines is 1. The average Bonchev–Trinajstić information content (AvgIpc) is 2.96. The number of thiophene rings is 1. The van der Waals surface area contributed by atoms with E-state index in [0.717, 1.165) is 4.88 Å². The van der Waals surface area contributed by atoms with Crippen molar-refractivity contribution in [3.8, 4) is 0 Å². The third kappa shape index (κ3) is 3.20. The van der Waals surface area contributed by atoms with Gasteiger partial charge in [0, 0.05) is 4.88 Å². The first-order chi connectivity index (χ1) is 9.51. The molecule has 2 heterocycles. The zero-order valence-electron chi connectivity index (χ0n) is 10.9. The second kappa shape index (κ2) is 6.11. The molecule has 2 rings (SSSR count). The van der Waals surface area contributed by atoms with E-state index in [9.17, 15) is 9.59 Å². The van der Waals surface area contributed by atoms with Crippen LogP contribution in [0.15, 0.2) is 22.6 Å². The first kappa shape index (κ1) is 14.6. The van der Waals surface area contributed by atoms with E-state index in [-0.39, 0.29) is 17.6 Å². The van der Waals surface area contributed by atoms with Gasteiger partial charge in [0.05, 0.1) is 12.2 Å². The fourth-order valence-electron chi connectivity index (χ4n) is 1.57. The number of carbonyl (C=O) groups is 2. The van der Waals surface area contributed by atoms with E-state index < -0.39 is 11.9 Å². The maximum atomic E-state index is 12.0. The maximum Gasteiger partial charge on any atom is 0.341 e. The molecule has 0 saturated heterocycles. The summed E-state index contributed by atoms with van der Waals surface area (Å²) in [6.07, 6.45) is 0. The van der Waals surface area contributed by atoms with Gasteiger partial charge in [0.2, 0.25) is 0 Å². The van der Waals surface area contributed by atoms with Crippen LogP contribution in [-0.2, 0) is 4.74 Å². The molecule has 2 aromatic heterocycles. The number of amides is 1. The highest BCUT2D eigenvalue weighted by molar-refractivity contribution is 7.16. The van der Waals surface area contributed by atoms with Crippen LogP contribution in [0.5, 0.6) is 0 Å². The molecule has 0 aromatic carbocycles. The largest absolute Gasteiger partial charge is 0.462 e. The summed E-state index contributed by atoms with van der Waals surface area (Å²) in [5.74, 6) is -0.857. The van der Waals surface area contributed by atoms with Gasteiger partial charge in [0.1, 0.15) is 5.00 Å². The van der Waals surface area contributed by atoms with Crippen LogP contribution >= 0.6 is 22.9 Å². The topological polar surface area (TPSA) is 68.5 Å². The molecule has 5 nitrogen and oxygen atoms in total. The van der Waals surface area contributed by atoms with E-state index in [4.69, 9.17) is 20.8 Å². The number of carbonyl (C=O) groups excluding carboxylic acids is 2. The third-order valence-corrected chi connectivity index (χ3v) is 3.54. The predicted octanol–water partition coefficient (Wildman–Crippen LogP) is 3.73. The monoisotopic (exact) mass is 313 g/mol. The van der Waals surface area contributed by atoms with Crippen LogP contribution in [0.1, 0.15) is 32.7 Å². The SMILES string of the molecule is CCOC(=O)c1cc(C)sc1NC(=O)c1ccc(Cl)o1. The Kier molecular flexibility index (Phi) is 4.46. The van der Waals surface area contributed by atoms with Crippen molar-refractivity contribution in [1.29, 1.82) is 0 Å². The highest BCUT2D eigenvalue weighted by Gasteiger charge is 2.19. The Morgan fingerprint density at radius 1 is 1.45 bits per heavy atom. The molecule has 2 aromatic rings. The quantitative estimate of drug-likeness (QED) is 0.873. The first-order valence-electron chi connectivity index (χ1n) is 5.85. The molecule has 106 valence electrons. The lowest BCUT2D eigenvalue weighted by molar-refractivity contribution is 0.0528. The summed E-state index contributed by atoms with van der Waals surface area (Å²) in [7, 11) is 0. The fourth-order valence-corrected chi connectivity index (χ4v) is 2.61. The Morgan fingerprint density at radius 3 is 2.80 bits per heavy atom. The highest BCUT2D eigenvalue weighted by atomic mass is 35.5. The minimum absolute atomic E-state index is 0.0795. The van der Waals surface area contributed by atoms with Crippen LogP contribution in [0.4, 0.5) is 5.00 Å². The molecule has 0 aliphatic carbocycles. The predicted molar refractivity (Wildman–Crippen MR) is 76.7 cm³/mol. The van der Waals surface area contributed by atoms with Crippen molar-refractivity contribution in [2.45, 2.75) is 13.8 Å². The van der Waals surface area contributed by atoms with Crippen molar-refractivity contribution in [2.75, 3.05) is 11.9 Å². The summed E-state index contributed by atoms with van der Waals surface area (Å²) in [5.41, 5.74) is 0.334. The van der Waals surface area contributed by atoms with Gasteiger partial charge in [0.25, 0.3) is 5.91 Å². The Balaban J connectivity index is 2.21. The molecular formula is C13H12ClNO4S. The third-order valence-electron chi connectivity index (χ3n) is 2.37. The molecule has 1 N–H and O–H groups in total. The van der Waals surface area contributed by atoms with E-state index in [1.54, 1.807) is 13.0 Å². The number of hydrogen-bond donors (Lipinski definition) is 1. The Hall–Kier alpha value is -1.79. The lowest BCUT2D eigenvalue weighted by Gasteiger charge is -2.04. The van der Waals surface area contributed by atoms with Gasteiger partial charge in [-0.1, -0.05) is 0 Å². The number of ether oxygens (including phenoxy) is 1. The van der Waals surface area contributed by atoms with Gasteiger partial charge in [-0.2, -0.15) is 0 Å². The minimum atomic E-state index is -0.468. The van der Waals surface area contributed by atoms with Gasteiger partial charge in [-0.15, -0.1) is 11.3 Å². The van der Waals surface area contributed by atoms with E-state index >= 15 is 0 Å². The number of rotatable bonds is 4. The molecule has 0 saturated carbocycles. The normalized spacial score (nSPS) is 10.3. The number of nitrogens with one attached hydrogen (secondary N) is 1. The number of furan rings is 1. The summed E-state index contributed by atoms with van der Waals surface area (Å²) in [5, 5.41) is 3.18. The smallest absolute Gasteiger partial charge is 0.341 e. The lowest BCUT2D eigenvalue weighted by atomic mass is 10.3. The van der Waals surface area contributed by atoms with E-state index in [0.29, 0.717) is 10.6 Å². The summed E-state index contributed by atoms with van der Waals surface area (Å²) in [6, 6.07) is 4.61. The van der Waals surface area contributed by atoms with Crippen LogP contribution in [0.2, 0.25) is 5.22 Å². The molecule has 0 unspecified atom stereocenters. The second-order valence-electron chi connectivity index (χ2n) is 3.88. The summed E-state index contributed by atoms with van der Waals surface area (Å²) < 4.78 is 9.96. The summed E-state index contributed by atoms with van der Waals surface area (Å²) in [6.45, 7) is 3.84. The van der Waals surface area contributed by atoms with Crippen LogP contribution in [0, 0.1) is 6.92 Å². The van der Waals surface area contributed by atoms with Crippen molar-refractivity contribution < 1.29 is 18.7 Å². The van der Waals surface area contributed by atoms with Gasteiger partial charge in [-0.3, -0.25) is 4.79 Å². The molecule has 0 bridgehead atoms.